The molecule has 0 aliphatic rings. The number of hydrogen-bond acceptors (Lipinski definition) is 3. The number of aromatic amines is 1. The molecule has 19 heavy (non-hydrogen) atoms. The molecular formula is C14H20N4O. The highest BCUT2D eigenvalue weighted by molar-refractivity contribution is 5.15. The second-order valence-corrected chi connectivity index (χ2v) is 4.62. The van der Waals surface area contributed by atoms with Gasteiger partial charge in [-0.1, -0.05) is 36.8 Å². The van der Waals surface area contributed by atoms with Gasteiger partial charge in [-0.15, -0.1) is 0 Å². The van der Waals surface area contributed by atoms with Crippen molar-refractivity contribution in [2.75, 3.05) is 6.54 Å². The zero-order chi connectivity index (χ0) is 13.5. The van der Waals surface area contributed by atoms with Gasteiger partial charge in [0.2, 0.25) is 0 Å². The van der Waals surface area contributed by atoms with Crippen LogP contribution in [0.1, 0.15) is 30.7 Å². The molecule has 0 unspecified atom stereocenters. The number of benzene rings is 1. The maximum Gasteiger partial charge on any atom is 0.343 e. The van der Waals surface area contributed by atoms with Crippen molar-refractivity contribution in [3.63, 3.8) is 0 Å². The van der Waals surface area contributed by atoms with Crippen LogP contribution in [0.5, 0.6) is 0 Å². The predicted octanol–water partition coefficient (Wildman–Crippen LogP) is 1.29. The van der Waals surface area contributed by atoms with Gasteiger partial charge >= 0.3 is 5.69 Å². The number of nitrogens with two attached hydrogens (primary N) is 1. The SMILES string of the molecule is NCCCCCc1n[nH]c(=O)n1Cc1ccccc1. The fraction of sp³-hybridized carbons (Fsp3) is 0.429. The van der Waals surface area contributed by atoms with Gasteiger partial charge < -0.3 is 5.73 Å². The molecule has 102 valence electrons. The molecule has 0 aliphatic heterocycles. The summed E-state index contributed by atoms with van der Waals surface area (Å²) in [6.45, 7) is 1.29. The highest BCUT2D eigenvalue weighted by Crippen LogP contribution is 2.05. The normalized spacial score (nSPS) is 10.8. The number of unbranched alkanes of at least 4 members (excludes halogenated alkanes) is 2. The number of rotatable bonds is 7. The van der Waals surface area contributed by atoms with Crippen LogP contribution < -0.4 is 11.4 Å². The molecule has 5 heteroatoms. The summed E-state index contributed by atoms with van der Waals surface area (Å²) in [4.78, 5) is 11.8. The topological polar surface area (TPSA) is 76.7 Å². The summed E-state index contributed by atoms with van der Waals surface area (Å²) in [6.07, 6.45) is 3.91. The zero-order valence-corrected chi connectivity index (χ0v) is 11.0. The third-order valence-corrected chi connectivity index (χ3v) is 3.13. The summed E-state index contributed by atoms with van der Waals surface area (Å²) in [7, 11) is 0. The number of aromatic nitrogens is 3. The van der Waals surface area contributed by atoms with Crippen LogP contribution in [-0.2, 0) is 13.0 Å². The molecule has 0 atom stereocenters. The minimum atomic E-state index is -0.141. The van der Waals surface area contributed by atoms with Gasteiger partial charge in [-0.3, -0.25) is 4.57 Å². The standard InChI is InChI=1S/C14H20N4O/c15-10-6-2-5-9-13-16-17-14(19)18(13)11-12-7-3-1-4-8-12/h1,3-4,7-8H,2,5-6,9-11,15H2,(H,17,19). The van der Waals surface area contributed by atoms with Crippen molar-refractivity contribution in [1.82, 2.24) is 14.8 Å². The molecule has 2 rings (SSSR count). The average Bonchev–Trinajstić information content (AvgIpc) is 2.78. The number of hydrogen-bond donors (Lipinski definition) is 2. The minimum Gasteiger partial charge on any atom is -0.330 e. The number of nitrogens with zero attached hydrogens (tertiary/aromatic N) is 2. The molecule has 0 fully saturated rings. The Morgan fingerprint density at radius 2 is 1.95 bits per heavy atom. The van der Waals surface area contributed by atoms with E-state index in [0.29, 0.717) is 6.54 Å². The lowest BCUT2D eigenvalue weighted by atomic mass is 10.2. The second-order valence-electron chi connectivity index (χ2n) is 4.62. The van der Waals surface area contributed by atoms with Gasteiger partial charge in [0, 0.05) is 6.42 Å². The summed E-state index contributed by atoms with van der Waals surface area (Å²) in [5.41, 5.74) is 6.43. The van der Waals surface area contributed by atoms with Crippen LogP contribution in [0.25, 0.3) is 0 Å². The van der Waals surface area contributed by atoms with Gasteiger partial charge in [0.1, 0.15) is 5.82 Å². The molecule has 0 saturated carbocycles. The molecular weight excluding hydrogens is 240 g/mol. The maximum atomic E-state index is 11.8. The van der Waals surface area contributed by atoms with Gasteiger partial charge in [-0.25, -0.2) is 9.89 Å². The first-order valence-electron chi connectivity index (χ1n) is 6.69. The Morgan fingerprint density at radius 3 is 2.68 bits per heavy atom. The lowest BCUT2D eigenvalue weighted by Gasteiger charge is -2.05. The van der Waals surface area contributed by atoms with Crippen molar-refractivity contribution in [1.29, 1.82) is 0 Å². The summed E-state index contributed by atoms with van der Waals surface area (Å²) >= 11 is 0. The first-order valence-corrected chi connectivity index (χ1v) is 6.69. The third kappa shape index (κ3) is 3.79. The van der Waals surface area contributed by atoms with Crippen LogP contribution in [0.4, 0.5) is 0 Å². The number of nitrogens with one attached hydrogen (secondary N) is 1. The molecule has 0 spiro atoms. The van der Waals surface area contributed by atoms with E-state index in [4.69, 9.17) is 5.73 Å². The second kappa shape index (κ2) is 6.89. The smallest absolute Gasteiger partial charge is 0.330 e. The lowest BCUT2D eigenvalue weighted by molar-refractivity contribution is 0.632. The van der Waals surface area contributed by atoms with Crippen LogP contribution in [0.15, 0.2) is 35.1 Å². The van der Waals surface area contributed by atoms with E-state index in [1.807, 2.05) is 30.3 Å². The van der Waals surface area contributed by atoms with E-state index < -0.39 is 0 Å². The molecule has 5 nitrogen and oxygen atoms in total. The van der Waals surface area contributed by atoms with E-state index in [1.54, 1.807) is 4.57 Å². The van der Waals surface area contributed by atoms with Crippen molar-refractivity contribution >= 4 is 0 Å². The van der Waals surface area contributed by atoms with Crippen LogP contribution in [0.2, 0.25) is 0 Å². The van der Waals surface area contributed by atoms with E-state index in [0.717, 1.165) is 43.6 Å². The Balaban J connectivity index is 2.03. The van der Waals surface area contributed by atoms with Gasteiger partial charge in [-0.2, -0.15) is 5.10 Å². The van der Waals surface area contributed by atoms with E-state index in [-0.39, 0.29) is 5.69 Å². The number of aryl methyl sites for hydroxylation is 1. The molecule has 1 aromatic carbocycles. The molecule has 0 bridgehead atoms. The largest absolute Gasteiger partial charge is 0.343 e. The van der Waals surface area contributed by atoms with E-state index in [1.165, 1.54) is 0 Å². The Bertz CT molecular complexity index is 544. The lowest BCUT2D eigenvalue weighted by Crippen LogP contribution is -2.19. The van der Waals surface area contributed by atoms with Crippen LogP contribution >= 0.6 is 0 Å². The van der Waals surface area contributed by atoms with Crippen LogP contribution in [0, 0.1) is 0 Å². The molecule has 1 heterocycles. The van der Waals surface area contributed by atoms with Crippen molar-refractivity contribution in [3.8, 4) is 0 Å². The highest BCUT2D eigenvalue weighted by atomic mass is 16.1. The fourth-order valence-electron chi connectivity index (χ4n) is 2.07. The Kier molecular flexibility index (Phi) is 4.92. The molecule has 0 aliphatic carbocycles. The summed E-state index contributed by atoms with van der Waals surface area (Å²) < 4.78 is 1.71. The molecule has 1 aromatic heterocycles. The quantitative estimate of drug-likeness (QED) is 0.736. The first-order chi connectivity index (χ1) is 9.31. The van der Waals surface area contributed by atoms with Crippen molar-refractivity contribution < 1.29 is 0 Å². The average molecular weight is 260 g/mol. The Hall–Kier alpha value is -1.88. The summed E-state index contributed by atoms with van der Waals surface area (Å²) in [6, 6.07) is 9.94. The summed E-state index contributed by atoms with van der Waals surface area (Å²) in [5.74, 6) is 0.825. The Labute approximate surface area is 112 Å². The van der Waals surface area contributed by atoms with E-state index >= 15 is 0 Å². The molecule has 2 aromatic rings. The number of H-pyrrole nitrogens is 1. The first kappa shape index (κ1) is 13.5. The van der Waals surface area contributed by atoms with Crippen LogP contribution in [0.3, 0.4) is 0 Å². The molecule has 0 saturated heterocycles. The monoisotopic (exact) mass is 260 g/mol. The zero-order valence-electron chi connectivity index (χ0n) is 11.0. The van der Waals surface area contributed by atoms with Crippen molar-refractivity contribution in [3.05, 3.63) is 52.2 Å². The predicted molar refractivity (Wildman–Crippen MR) is 75.0 cm³/mol. The van der Waals surface area contributed by atoms with Crippen molar-refractivity contribution in [2.45, 2.75) is 32.2 Å². The summed E-state index contributed by atoms with van der Waals surface area (Å²) in [5, 5.41) is 6.63. The minimum absolute atomic E-state index is 0.141. The van der Waals surface area contributed by atoms with Crippen molar-refractivity contribution in [2.24, 2.45) is 5.73 Å². The maximum absolute atomic E-state index is 11.8. The van der Waals surface area contributed by atoms with Crippen LogP contribution in [-0.4, -0.2) is 21.3 Å². The molecule has 3 N–H and O–H groups in total. The highest BCUT2D eigenvalue weighted by Gasteiger charge is 2.08. The molecule has 0 radical (unpaired) electrons. The Morgan fingerprint density at radius 1 is 1.16 bits per heavy atom. The van der Waals surface area contributed by atoms with E-state index in [9.17, 15) is 4.79 Å². The van der Waals surface area contributed by atoms with Gasteiger partial charge in [0.25, 0.3) is 0 Å². The van der Waals surface area contributed by atoms with E-state index in [2.05, 4.69) is 10.2 Å². The third-order valence-electron chi connectivity index (χ3n) is 3.13. The fourth-order valence-corrected chi connectivity index (χ4v) is 2.07. The molecule has 0 amide bonds. The van der Waals surface area contributed by atoms with Gasteiger partial charge in [0.15, 0.2) is 0 Å². The van der Waals surface area contributed by atoms with Gasteiger partial charge in [-0.05, 0) is 24.9 Å². The van der Waals surface area contributed by atoms with Gasteiger partial charge in [0.05, 0.1) is 6.54 Å².